The summed E-state index contributed by atoms with van der Waals surface area (Å²) in [7, 11) is 4.01. The Bertz CT molecular complexity index is 713. The Labute approximate surface area is 141 Å². The molecule has 1 aliphatic rings. The van der Waals surface area contributed by atoms with Gasteiger partial charge in [0.2, 0.25) is 0 Å². The summed E-state index contributed by atoms with van der Waals surface area (Å²) in [5, 5.41) is 0. The van der Waals surface area contributed by atoms with Crippen LogP contribution in [0.25, 0.3) is 0 Å². The number of rotatable bonds is 4. The number of aromatic amines is 1. The van der Waals surface area contributed by atoms with E-state index in [4.69, 9.17) is 4.74 Å². The Balaban J connectivity index is 1.71. The Kier molecular flexibility index (Phi) is 4.92. The Morgan fingerprint density at radius 2 is 2.29 bits per heavy atom. The van der Waals surface area contributed by atoms with Crippen molar-refractivity contribution in [1.82, 2.24) is 24.8 Å². The van der Waals surface area contributed by atoms with Gasteiger partial charge in [-0.15, -0.1) is 0 Å². The second-order valence-electron chi connectivity index (χ2n) is 6.31. The van der Waals surface area contributed by atoms with E-state index >= 15 is 0 Å². The minimum Gasteiger partial charge on any atom is -0.367 e. The fourth-order valence-electron chi connectivity index (χ4n) is 2.82. The van der Waals surface area contributed by atoms with E-state index in [0.29, 0.717) is 25.4 Å². The van der Waals surface area contributed by atoms with Crippen molar-refractivity contribution in [1.29, 1.82) is 0 Å². The predicted octanol–water partition coefficient (Wildman–Crippen LogP) is 1.39. The predicted molar refractivity (Wildman–Crippen MR) is 89.5 cm³/mol. The summed E-state index contributed by atoms with van der Waals surface area (Å²) in [6.07, 6.45) is 3.24. The number of ether oxygens (including phenoxy) is 1. The number of hydrogen-bond acceptors (Lipinski definition) is 5. The molecule has 24 heavy (non-hydrogen) atoms. The van der Waals surface area contributed by atoms with Crippen LogP contribution in [0.2, 0.25) is 0 Å². The lowest BCUT2D eigenvalue weighted by Crippen LogP contribution is -2.43. The molecule has 2 aromatic heterocycles. The third kappa shape index (κ3) is 3.63. The molecule has 0 saturated carbocycles. The Hall–Kier alpha value is -2.25. The number of aromatic nitrogens is 3. The molecule has 7 heteroatoms. The number of pyridine rings is 1. The molecular formula is C17H23N5O2. The SMILES string of the molecule is Cc1cccnc1C(=O)N1CCOC(c2ncc(CN(C)C)[nH]2)C1. The van der Waals surface area contributed by atoms with Gasteiger partial charge in [-0.2, -0.15) is 0 Å². The standard InChI is InChI=1S/C17H23N5O2/c1-12-5-4-6-18-15(12)17(23)22-7-8-24-14(11-22)16-19-9-13(20-16)10-21(2)3/h4-6,9,14H,7-8,10-11H2,1-3H3,(H,19,20). The second kappa shape index (κ2) is 7.11. The molecule has 0 spiro atoms. The summed E-state index contributed by atoms with van der Waals surface area (Å²) in [5.74, 6) is 0.712. The van der Waals surface area contributed by atoms with Crippen LogP contribution in [0.3, 0.4) is 0 Å². The largest absolute Gasteiger partial charge is 0.367 e. The summed E-state index contributed by atoms with van der Waals surface area (Å²) >= 11 is 0. The summed E-state index contributed by atoms with van der Waals surface area (Å²) in [4.78, 5) is 28.5. The maximum atomic E-state index is 12.7. The van der Waals surface area contributed by atoms with Crippen LogP contribution in [0, 0.1) is 6.92 Å². The van der Waals surface area contributed by atoms with Gasteiger partial charge in [0.1, 0.15) is 17.6 Å². The number of nitrogens with zero attached hydrogens (tertiary/aromatic N) is 4. The van der Waals surface area contributed by atoms with Crippen molar-refractivity contribution in [3.8, 4) is 0 Å². The minimum absolute atomic E-state index is 0.0542. The molecule has 3 heterocycles. The van der Waals surface area contributed by atoms with Crippen LogP contribution in [-0.4, -0.2) is 64.5 Å². The van der Waals surface area contributed by atoms with Crippen LogP contribution in [-0.2, 0) is 11.3 Å². The summed E-state index contributed by atoms with van der Waals surface area (Å²) in [5.41, 5.74) is 2.42. The molecule has 0 radical (unpaired) electrons. The highest BCUT2D eigenvalue weighted by Crippen LogP contribution is 2.21. The van der Waals surface area contributed by atoms with Crippen molar-refractivity contribution in [2.45, 2.75) is 19.6 Å². The normalized spacial score (nSPS) is 18.2. The van der Waals surface area contributed by atoms with Crippen molar-refractivity contribution >= 4 is 5.91 Å². The number of amides is 1. The number of aryl methyl sites for hydroxylation is 1. The van der Waals surface area contributed by atoms with Gasteiger partial charge in [0.25, 0.3) is 5.91 Å². The van der Waals surface area contributed by atoms with Crippen LogP contribution in [0.1, 0.15) is 33.7 Å². The van der Waals surface area contributed by atoms with Crippen LogP contribution in [0.4, 0.5) is 0 Å². The van der Waals surface area contributed by atoms with Crippen molar-refractivity contribution < 1.29 is 9.53 Å². The summed E-state index contributed by atoms with van der Waals surface area (Å²) in [6.45, 7) is 4.22. The molecule has 1 unspecified atom stereocenters. The Morgan fingerprint density at radius 1 is 1.46 bits per heavy atom. The van der Waals surface area contributed by atoms with Crippen LogP contribution >= 0.6 is 0 Å². The molecule has 1 amide bonds. The van der Waals surface area contributed by atoms with Gasteiger partial charge in [0.15, 0.2) is 0 Å². The third-order valence-electron chi connectivity index (χ3n) is 4.01. The fraction of sp³-hybridized carbons (Fsp3) is 0.471. The molecule has 1 saturated heterocycles. The van der Waals surface area contributed by atoms with E-state index in [0.717, 1.165) is 23.6 Å². The van der Waals surface area contributed by atoms with Gasteiger partial charge in [-0.3, -0.25) is 9.78 Å². The lowest BCUT2D eigenvalue weighted by molar-refractivity contribution is -0.0267. The minimum atomic E-state index is -0.234. The first-order chi connectivity index (χ1) is 11.5. The zero-order chi connectivity index (χ0) is 17.1. The highest BCUT2D eigenvalue weighted by Gasteiger charge is 2.29. The average Bonchev–Trinajstić information content (AvgIpc) is 3.02. The molecule has 128 valence electrons. The number of carbonyl (C=O) groups excluding carboxylic acids is 1. The molecule has 7 nitrogen and oxygen atoms in total. The number of imidazole rings is 1. The van der Waals surface area contributed by atoms with Crippen LogP contribution in [0.15, 0.2) is 24.5 Å². The number of carbonyl (C=O) groups is 1. The maximum absolute atomic E-state index is 12.7. The van der Waals surface area contributed by atoms with Crippen molar-refractivity contribution in [2.24, 2.45) is 0 Å². The quantitative estimate of drug-likeness (QED) is 0.917. The van der Waals surface area contributed by atoms with Gasteiger partial charge in [-0.05, 0) is 32.6 Å². The van der Waals surface area contributed by atoms with Gasteiger partial charge in [0, 0.05) is 31.2 Å². The van der Waals surface area contributed by atoms with Crippen LogP contribution < -0.4 is 0 Å². The summed E-state index contributed by atoms with van der Waals surface area (Å²) < 4.78 is 5.81. The molecule has 3 rings (SSSR count). The first kappa shape index (κ1) is 16.6. The van der Waals surface area contributed by atoms with Crippen LogP contribution in [0.5, 0.6) is 0 Å². The lowest BCUT2D eigenvalue weighted by Gasteiger charge is -2.32. The smallest absolute Gasteiger partial charge is 0.272 e. The number of nitrogens with one attached hydrogen (secondary N) is 1. The van der Waals surface area contributed by atoms with Gasteiger partial charge in [0.05, 0.1) is 13.2 Å². The molecular weight excluding hydrogens is 306 g/mol. The Morgan fingerprint density at radius 3 is 3.04 bits per heavy atom. The highest BCUT2D eigenvalue weighted by molar-refractivity contribution is 5.93. The molecule has 0 bridgehead atoms. The average molecular weight is 329 g/mol. The van der Waals surface area contributed by atoms with Gasteiger partial charge < -0.3 is 19.5 Å². The number of H-pyrrole nitrogens is 1. The molecule has 1 atom stereocenters. The number of hydrogen-bond donors (Lipinski definition) is 1. The molecule has 0 aromatic carbocycles. The third-order valence-corrected chi connectivity index (χ3v) is 4.01. The summed E-state index contributed by atoms with van der Waals surface area (Å²) in [6, 6.07) is 3.74. The van der Waals surface area contributed by atoms with Gasteiger partial charge in [-0.25, -0.2) is 4.98 Å². The molecule has 1 aliphatic heterocycles. The zero-order valence-corrected chi connectivity index (χ0v) is 14.3. The van der Waals surface area contributed by atoms with Gasteiger partial charge in [-0.1, -0.05) is 6.07 Å². The van der Waals surface area contributed by atoms with Crippen molar-refractivity contribution in [3.63, 3.8) is 0 Å². The first-order valence-corrected chi connectivity index (χ1v) is 8.05. The monoisotopic (exact) mass is 329 g/mol. The van der Waals surface area contributed by atoms with E-state index in [1.54, 1.807) is 11.1 Å². The first-order valence-electron chi connectivity index (χ1n) is 8.05. The van der Waals surface area contributed by atoms with E-state index in [9.17, 15) is 4.79 Å². The number of morpholine rings is 1. The second-order valence-corrected chi connectivity index (χ2v) is 6.31. The van der Waals surface area contributed by atoms with E-state index in [1.165, 1.54) is 0 Å². The topological polar surface area (TPSA) is 74.4 Å². The fourth-order valence-corrected chi connectivity index (χ4v) is 2.82. The van der Waals surface area contributed by atoms with Crippen molar-refractivity contribution in [3.05, 3.63) is 47.3 Å². The van der Waals surface area contributed by atoms with E-state index in [2.05, 4.69) is 19.9 Å². The molecule has 2 aromatic rings. The molecule has 1 N–H and O–H groups in total. The molecule has 0 aliphatic carbocycles. The highest BCUT2D eigenvalue weighted by atomic mass is 16.5. The van der Waals surface area contributed by atoms with Gasteiger partial charge >= 0.3 is 0 Å². The van der Waals surface area contributed by atoms with E-state index in [1.807, 2.05) is 39.3 Å². The molecule has 1 fully saturated rings. The lowest BCUT2D eigenvalue weighted by atomic mass is 10.1. The maximum Gasteiger partial charge on any atom is 0.272 e. The van der Waals surface area contributed by atoms with E-state index in [-0.39, 0.29) is 12.0 Å². The van der Waals surface area contributed by atoms with E-state index < -0.39 is 0 Å². The zero-order valence-electron chi connectivity index (χ0n) is 14.3. The van der Waals surface area contributed by atoms with Crippen molar-refractivity contribution in [2.75, 3.05) is 33.8 Å².